The van der Waals surface area contributed by atoms with E-state index in [1.54, 1.807) is 6.07 Å². The van der Waals surface area contributed by atoms with E-state index in [9.17, 15) is 9.90 Å². The summed E-state index contributed by atoms with van der Waals surface area (Å²) in [5.74, 6) is 0.999. The van der Waals surface area contributed by atoms with Crippen LogP contribution in [-0.2, 0) is 4.79 Å². The Morgan fingerprint density at radius 2 is 2.00 bits per heavy atom. The molecule has 0 bridgehead atoms. The predicted octanol–water partition coefficient (Wildman–Crippen LogP) is 5.68. The summed E-state index contributed by atoms with van der Waals surface area (Å²) in [6.45, 7) is 0. The van der Waals surface area contributed by atoms with E-state index < -0.39 is 0 Å². The number of phenols is 1. The summed E-state index contributed by atoms with van der Waals surface area (Å²) in [5, 5.41) is 23.4. The third kappa shape index (κ3) is 6.43. The minimum absolute atomic E-state index is 0.146. The average molecular weight is 723 g/mol. The monoisotopic (exact) mass is 722 g/mol. The Bertz CT molecular complexity index is 1200. The van der Waals surface area contributed by atoms with Crippen LogP contribution in [0.2, 0.25) is 5.02 Å². The number of carbonyl (C=O) groups excluding carboxylic acids is 1. The predicted molar refractivity (Wildman–Crippen MR) is 151 cm³/mol. The van der Waals surface area contributed by atoms with Gasteiger partial charge in [0.1, 0.15) is 5.75 Å². The first-order valence-electron chi connectivity index (χ1n) is 10.8. The number of hydrazone groups is 1. The minimum atomic E-state index is -0.243. The Balaban J connectivity index is 1.46. The van der Waals surface area contributed by atoms with Gasteiger partial charge in [-0.25, -0.2) is 9.99 Å². The molecule has 11 heteroatoms. The van der Waals surface area contributed by atoms with Crippen molar-refractivity contribution in [1.29, 1.82) is 0 Å². The molecule has 4 rings (SSSR count). The molecule has 0 spiro atoms. The molecule has 1 amide bonds. The number of nitrogens with zero attached hydrogens (tertiary/aromatic N) is 3. The Kier molecular flexibility index (Phi) is 9.10. The maximum Gasteiger partial charge on any atom is 0.337 e. The molecule has 3 aromatic rings. The summed E-state index contributed by atoms with van der Waals surface area (Å²) in [5.41, 5.74) is 4.11. The van der Waals surface area contributed by atoms with Crippen LogP contribution < -0.4 is 9.99 Å². The summed E-state index contributed by atoms with van der Waals surface area (Å²) < 4.78 is 3.94. The lowest BCUT2D eigenvalue weighted by Crippen LogP contribution is -2.43. The second kappa shape index (κ2) is 12.0. The number of nitrogens with one attached hydrogen (secondary N) is 2. The van der Waals surface area contributed by atoms with Crippen LogP contribution >= 0.6 is 68.5 Å². The highest BCUT2D eigenvalue weighted by molar-refractivity contribution is 14.1. The zero-order valence-electron chi connectivity index (χ0n) is 18.1. The van der Waals surface area contributed by atoms with Gasteiger partial charge in [0.05, 0.1) is 32.2 Å². The first-order chi connectivity index (χ1) is 16.4. The average Bonchev–Trinajstić information content (AvgIpc) is 3.25. The van der Waals surface area contributed by atoms with E-state index in [-0.39, 0.29) is 17.4 Å². The van der Waals surface area contributed by atoms with Gasteiger partial charge in [0, 0.05) is 14.2 Å². The van der Waals surface area contributed by atoms with Crippen molar-refractivity contribution in [2.75, 3.05) is 5.75 Å². The van der Waals surface area contributed by atoms with Gasteiger partial charge in [-0.05, 0) is 119 Å². The van der Waals surface area contributed by atoms with Crippen LogP contribution in [0.4, 0.5) is 0 Å². The summed E-state index contributed by atoms with van der Waals surface area (Å²) in [7, 11) is 0. The lowest BCUT2D eigenvalue weighted by Gasteiger charge is -2.21. The molecule has 3 N–H and O–H groups in total. The van der Waals surface area contributed by atoms with E-state index in [1.807, 2.05) is 30.3 Å². The SMILES string of the molecule is O=C(CSc1n[nH]c(-c2ccc(Cl)cc2)[n+]1C1CCCCC1)N/N=C/c1cc(I)cc(I)c1O. The molecule has 0 saturated heterocycles. The molecule has 0 aliphatic heterocycles. The van der Waals surface area contributed by atoms with Crippen LogP contribution in [0.1, 0.15) is 43.7 Å². The maximum atomic E-state index is 12.5. The number of phenolic OH excluding ortho intramolecular Hbond substituents is 1. The number of halogens is 3. The number of hydrogen-bond donors (Lipinski definition) is 3. The van der Waals surface area contributed by atoms with Crippen molar-refractivity contribution in [3.8, 4) is 17.1 Å². The minimum Gasteiger partial charge on any atom is -0.506 e. The van der Waals surface area contributed by atoms with E-state index in [1.165, 1.54) is 37.2 Å². The second-order valence-corrected chi connectivity index (χ2v) is 11.7. The Morgan fingerprint density at radius 1 is 1.26 bits per heavy atom. The fourth-order valence-corrected chi connectivity index (χ4v) is 6.75. The number of hydrogen-bond acceptors (Lipinski definition) is 5. The van der Waals surface area contributed by atoms with Crippen molar-refractivity contribution in [3.63, 3.8) is 0 Å². The quantitative estimate of drug-likeness (QED) is 0.0963. The number of H-pyrrole nitrogens is 1. The molecular formula is C23H23ClI2N5O2S+. The molecule has 1 aliphatic carbocycles. The first-order valence-corrected chi connectivity index (χ1v) is 14.3. The smallest absolute Gasteiger partial charge is 0.337 e. The molecule has 7 nitrogen and oxygen atoms in total. The molecule has 0 radical (unpaired) electrons. The van der Waals surface area contributed by atoms with Crippen molar-refractivity contribution in [2.45, 2.75) is 43.3 Å². The normalized spacial score (nSPS) is 14.6. The largest absolute Gasteiger partial charge is 0.506 e. The molecule has 0 unspecified atom stereocenters. The van der Waals surface area contributed by atoms with Crippen LogP contribution in [-0.4, -0.2) is 33.2 Å². The molecule has 2 aromatic carbocycles. The molecule has 178 valence electrons. The lowest BCUT2D eigenvalue weighted by molar-refractivity contribution is -0.749. The fraction of sp³-hybridized carbons (Fsp3) is 0.304. The fourth-order valence-electron chi connectivity index (χ4n) is 3.92. The van der Waals surface area contributed by atoms with Crippen molar-refractivity contribution in [1.82, 2.24) is 15.6 Å². The molecule has 1 fully saturated rings. The van der Waals surface area contributed by atoms with Crippen LogP contribution in [0, 0.1) is 7.14 Å². The zero-order chi connectivity index (χ0) is 24.1. The number of rotatable bonds is 7. The standard InChI is InChI=1S/C23H22ClI2N5O2S/c24-16-8-6-14(7-9-16)22-29-30-23(31(22)18-4-2-1-3-5-18)34-13-20(32)28-27-12-15-10-17(25)11-19(26)21(15)33/h6-12,18H,1-5,13H2,(H2,27,28,32,33)/p+1. The molecule has 1 aromatic heterocycles. The number of amides is 1. The van der Waals surface area contributed by atoms with Gasteiger partial charge in [-0.1, -0.05) is 18.0 Å². The van der Waals surface area contributed by atoms with Crippen LogP contribution in [0.3, 0.4) is 0 Å². The highest BCUT2D eigenvalue weighted by atomic mass is 127. The molecule has 0 atom stereocenters. The maximum absolute atomic E-state index is 12.5. The van der Waals surface area contributed by atoms with E-state index >= 15 is 0 Å². The van der Waals surface area contributed by atoms with Crippen LogP contribution in [0.5, 0.6) is 5.75 Å². The lowest BCUT2D eigenvalue weighted by atomic mass is 9.95. The Morgan fingerprint density at radius 3 is 2.74 bits per heavy atom. The number of thioether (sulfide) groups is 1. The van der Waals surface area contributed by atoms with Gasteiger partial charge >= 0.3 is 5.16 Å². The molecule has 1 saturated carbocycles. The van der Waals surface area contributed by atoms with Gasteiger partial charge in [-0.2, -0.15) is 5.10 Å². The highest BCUT2D eigenvalue weighted by Crippen LogP contribution is 2.29. The molecule has 1 aliphatic rings. The van der Waals surface area contributed by atoms with Crippen LogP contribution in [0.15, 0.2) is 46.7 Å². The van der Waals surface area contributed by atoms with Crippen LogP contribution in [0.25, 0.3) is 11.4 Å². The summed E-state index contributed by atoms with van der Waals surface area (Å²) in [4.78, 5) is 12.5. The summed E-state index contributed by atoms with van der Waals surface area (Å²) >= 11 is 11.7. The van der Waals surface area contributed by atoms with E-state index in [0.29, 0.717) is 16.6 Å². The number of aromatic hydroxyl groups is 1. The van der Waals surface area contributed by atoms with Gasteiger partial charge in [-0.3, -0.25) is 4.79 Å². The number of aromatic nitrogens is 3. The van der Waals surface area contributed by atoms with E-state index in [2.05, 4.69) is 70.5 Å². The highest BCUT2D eigenvalue weighted by Gasteiger charge is 2.30. The van der Waals surface area contributed by atoms with Gasteiger partial charge in [0.2, 0.25) is 0 Å². The molecule has 34 heavy (non-hydrogen) atoms. The second-order valence-electron chi connectivity index (χ2n) is 7.93. The van der Waals surface area contributed by atoms with Gasteiger partial charge in [-0.15, -0.1) is 5.10 Å². The third-order valence-corrected chi connectivity index (χ3v) is 8.19. The van der Waals surface area contributed by atoms with Crippen molar-refractivity contribution in [2.24, 2.45) is 5.10 Å². The van der Waals surface area contributed by atoms with Gasteiger partial charge in [0.25, 0.3) is 11.7 Å². The summed E-state index contributed by atoms with van der Waals surface area (Å²) in [6, 6.07) is 11.7. The molecule has 1 heterocycles. The van der Waals surface area contributed by atoms with Crippen molar-refractivity contribution < 1.29 is 14.5 Å². The zero-order valence-corrected chi connectivity index (χ0v) is 24.0. The number of benzene rings is 2. The van der Waals surface area contributed by atoms with Crippen molar-refractivity contribution in [3.05, 3.63) is 54.1 Å². The van der Waals surface area contributed by atoms with Gasteiger partial charge in [0.15, 0.2) is 0 Å². The Hall–Kier alpha value is -1.38. The van der Waals surface area contributed by atoms with Gasteiger partial charge < -0.3 is 5.11 Å². The Labute approximate surface area is 234 Å². The number of carbonyl (C=O) groups is 1. The van der Waals surface area contributed by atoms with Crippen molar-refractivity contribution >= 4 is 80.7 Å². The van der Waals surface area contributed by atoms with E-state index in [0.717, 1.165) is 36.5 Å². The third-order valence-electron chi connectivity index (χ3n) is 5.54. The summed E-state index contributed by atoms with van der Waals surface area (Å²) in [6.07, 6.45) is 7.26. The number of aromatic amines is 1. The molecular weight excluding hydrogens is 700 g/mol. The first kappa shape index (κ1) is 25.7. The topological polar surface area (TPSA) is 94.3 Å². The van der Waals surface area contributed by atoms with E-state index in [4.69, 9.17) is 11.6 Å².